The molecule has 1 heterocycles. The molecule has 0 aromatic heterocycles. The normalized spacial score (nSPS) is 17.5. The largest absolute Gasteiger partial charge is 0.481 e. The van der Waals surface area contributed by atoms with E-state index in [1.54, 1.807) is 0 Å². The summed E-state index contributed by atoms with van der Waals surface area (Å²) >= 11 is 1.46. The van der Waals surface area contributed by atoms with E-state index >= 15 is 0 Å². The first-order valence-electron chi connectivity index (χ1n) is 14.6. The van der Waals surface area contributed by atoms with E-state index in [-0.39, 0.29) is 44.7 Å². The number of aldehydes is 1. The van der Waals surface area contributed by atoms with Crippen molar-refractivity contribution in [2.24, 2.45) is 16.5 Å². The number of amides is 5. The van der Waals surface area contributed by atoms with Crippen molar-refractivity contribution < 1.29 is 43.8 Å². The van der Waals surface area contributed by atoms with Gasteiger partial charge in [-0.3, -0.25) is 33.8 Å². The van der Waals surface area contributed by atoms with Crippen molar-refractivity contribution in [1.29, 1.82) is 0 Å². The summed E-state index contributed by atoms with van der Waals surface area (Å²) in [5.41, 5.74) is 10.7. The van der Waals surface area contributed by atoms with Crippen LogP contribution in [0.5, 0.6) is 0 Å². The summed E-state index contributed by atoms with van der Waals surface area (Å²) in [7, 11) is 0. The quantitative estimate of drug-likeness (QED) is 0.0285. The number of carbonyl (C=O) groups excluding carboxylic acids is 6. The fourth-order valence-electron chi connectivity index (χ4n) is 4.65. The molecule has 1 aliphatic heterocycles. The van der Waals surface area contributed by atoms with Crippen LogP contribution >= 0.6 is 11.8 Å². The Labute approximate surface area is 266 Å². The predicted molar refractivity (Wildman–Crippen MR) is 166 cm³/mol. The van der Waals surface area contributed by atoms with Crippen LogP contribution in [-0.4, -0.2) is 124 Å². The molecule has 1 rings (SSSR count). The highest BCUT2D eigenvalue weighted by Crippen LogP contribution is 2.18. The van der Waals surface area contributed by atoms with E-state index in [1.165, 1.54) is 30.5 Å². The summed E-state index contributed by atoms with van der Waals surface area (Å²) < 4.78 is 0. The maximum absolute atomic E-state index is 13.4. The number of likely N-dealkylation sites (tertiary alicyclic amines) is 1. The predicted octanol–water partition coefficient (Wildman–Crippen LogP) is -2.81. The van der Waals surface area contributed by atoms with E-state index in [4.69, 9.17) is 11.5 Å². The number of aliphatic imine (C=N–C) groups is 1. The first-order chi connectivity index (χ1) is 21.2. The second-order valence-electron chi connectivity index (χ2n) is 10.6. The minimum Gasteiger partial charge on any atom is -0.481 e. The van der Waals surface area contributed by atoms with Crippen LogP contribution in [0.25, 0.3) is 0 Å². The van der Waals surface area contributed by atoms with Gasteiger partial charge in [-0.2, -0.15) is 11.8 Å². The molecule has 18 heteroatoms. The minimum atomic E-state index is -1.61. The second kappa shape index (κ2) is 20.2. The van der Waals surface area contributed by atoms with Crippen LogP contribution in [0.1, 0.15) is 58.8 Å². The monoisotopic (exact) mass is 658 g/mol. The first-order valence-corrected chi connectivity index (χ1v) is 16.0. The lowest BCUT2D eigenvalue weighted by atomic mass is 10.0. The van der Waals surface area contributed by atoms with Crippen LogP contribution in [0, 0.1) is 0 Å². The van der Waals surface area contributed by atoms with Gasteiger partial charge in [-0.15, -0.1) is 0 Å². The lowest BCUT2D eigenvalue weighted by Crippen LogP contribution is -2.61. The molecule has 17 nitrogen and oxygen atoms in total. The van der Waals surface area contributed by atoms with E-state index in [0.29, 0.717) is 24.9 Å². The molecule has 1 aliphatic rings. The molecule has 0 aromatic rings. The number of nitrogens with zero attached hydrogens (tertiary/aromatic N) is 2. The molecule has 0 bridgehead atoms. The van der Waals surface area contributed by atoms with Crippen molar-refractivity contribution in [2.45, 2.75) is 95.1 Å². The van der Waals surface area contributed by atoms with Crippen LogP contribution in [0.4, 0.5) is 0 Å². The summed E-state index contributed by atoms with van der Waals surface area (Å²) in [6.45, 7) is 2.84. The zero-order valence-electron chi connectivity index (χ0n) is 25.8. The highest BCUT2D eigenvalue weighted by molar-refractivity contribution is 7.98. The molecule has 0 saturated carbocycles. The number of aliphatic carboxylic acids is 1. The third-order valence-electron chi connectivity index (χ3n) is 6.95. The van der Waals surface area contributed by atoms with Crippen molar-refractivity contribution in [2.75, 3.05) is 25.1 Å². The summed E-state index contributed by atoms with van der Waals surface area (Å²) in [4.78, 5) is 92.5. The average Bonchev–Trinajstić information content (AvgIpc) is 3.45. The SMILES string of the molecule is CSCC[C@H](NC(C)=O)C(=O)N[C@@H](CCCN=C(N)N)C(=O)N[C@H](C(=O)N[C@@H](CCC(=O)O)C(=O)N1CCC[C@H]1C=O)[C@@H](C)O. The van der Waals surface area contributed by atoms with Crippen LogP contribution in [-0.2, 0) is 33.6 Å². The molecule has 5 amide bonds. The number of nitrogens with two attached hydrogens (primary N) is 2. The number of hydrogen-bond acceptors (Lipinski definition) is 10. The van der Waals surface area contributed by atoms with Crippen molar-refractivity contribution in [3.05, 3.63) is 0 Å². The highest BCUT2D eigenvalue weighted by atomic mass is 32.2. The number of guanidine groups is 1. The number of nitrogens with one attached hydrogen (secondary N) is 4. The number of hydrogen-bond donors (Lipinski definition) is 8. The van der Waals surface area contributed by atoms with Crippen LogP contribution in [0.2, 0.25) is 0 Å². The van der Waals surface area contributed by atoms with Crippen molar-refractivity contribution >= 4 is 59.5 Å². The van der Waals surface area contributed by atoms with Gasteiger partial charge in [0.25, 0.3) is 0 Å². The van der Waals surface area contributed by atoms with Crippen molar-refractivity contribution in [3.8, 4) is 0 Å². The van der Waals surface area contributed by atoms with E-state index in [2.05, 4.69) is 26.3 Å². The van der Waals surface area contributed by atoms with Gasteiger partial charge in [0.2, 0.25) is 29.5 Å². The standard InChI is InChI=1S/C27H46N8O9S/c1-15(37)22(25(43)33-20(8-9-21(39)40)26(44)35-12-5-6-17(35)14-36)34-24(42)18(7-4-11-30-27(28)29)32-23(41)19(10-13-45-3)31-16(2)38/h14-15,17-20,22,37H,4-13H2,1-3H3,(H,31,38)(H,32,41)(H,33,43)(H,34,42)(H,39,40)(H4,28,29,30)/t15-,17+,18+,19+,20+,22+/m1/s1. The topological polar surface area (TPSA) is 276 Å². The van der Waals surface area contributed by atoms with E-state index < -0.39 is 78.2 Å². The molecule has 0 aromatic carbocycles. The number of aliphatic hydroxyl groups excluding tert-OH is 1. The van der Waals surface area contributed by atoms with Gasteiger partial charge in [-0.1, -0.05) is 0 Å². The molecular weight excluding hydrogens is 612 g/mol. The van der Waals surface area contributed by atoms with Gasteiger partial charge < -0.3 is 52.6 Å². The van der Waals surface area contributed by atoms with Gasteiger partial charge in [0.1, 0.15) is 30.5 Å². The first kappa shape index (κ1) is 39.1. The van der Waals surface area contributed by atoms with Crippen molar-refractivity contribution in [1.82, 2.24) is 26.2 Å². The fraction of sp³-hybridized carbons (Fsp3) is 0.704. The Kier molecular flexibility index (Phi) is 17.5. The lowest BCUT2D eigenvalue weighted by Gasteiger charge is -2.29. The Morgan fingerprint density at radius 3 is 2.16 bits per heavy atom. The Hall–Kier alpha value is -3.93. The summed E-state index contributed by atoms with van der Waals surface area (Å²) in [5.74, 6) is -4.44. The smallest absolute Gasteiger partial charge is 0.303 e. The van der Waals surface area contributed by atoms with Gasteiger partial charge in [-0.25, -0.2) is 0 Å². The maximum atomic E-state index is 13.4. The number of carboxylic acids is 1. The molecule has 6 atom stereocenters. The zero-order chi connectivity index (χ0) is 34.1. The van der Waals surface area contributed by atoms with Crippen LogP contribution in [0.15, 0.2) is 4.99 Å². The summed E-state index contributed by atoms with van der Waals surface area (Å²) in [5, 5.41) is 29.6. The Balaban J connectivity index is 3.18. The maximum Gasteiger partial charge on any atom is 0.303 e. The zero-order valence-corrected chi connectivity index (χ0v) is 26.6. The van der Waals surface area contributed by atoms with E-state index in [0.717, 1.165) is 0 Å². The molecule has 1 fully saturated rings. The van der Waals surface area contributed by atoms with E-state index in [1.807, 2.05) is 6.26 Å². The van der Waals surface area contributed by atoms with Gasteiger partial charge in [0, 0.05) is 26.4 Å². The van der Waals surface area contributed by atoms with Crippen LogP contribution in [0.3, 0.4) is 0 Å². The number of thioether (sulfide) groups is 1. The second-order valence-corrected chi connectivity index (χ2v) is 11.6. The molecule has 0 unspecified atom stereocenters. The third kappa shape index (κ3) is 14.1. The van der Waals surface area contributed by atoms with E-state index in [9.17, 15) is 43.8 Å². The van der Waals surface area contributed by atoms with Crippen molar-refractivity contribution in [3.63, 3.8) is 0 Å². The van der Waals surface area contributed by atoms with Gasteiger partial charge in [-0.05, 0) is 57.5 Å². The Morgan fingerprint density at radius 2 is 1.60 bits per heavy atom. The van der Waals surface area contributed by atoms with Gasteiger partial charge in [0.15, 0.2) is 5.96 Å². The Morgan fingerprint density at radius 1 is 0.978 bits per heavy atom. The van der Waals surface area contributed by atoms with Gasteiger partial charge in [0.05, 0.1) is 12.1 Å². The molecule has 10 N–H and O–H groups in total. The average molecular weight is 659 g/mol. The Bertz CT molecular complexity index is 1090. The molecular formula is C27H46N8O9S. The molecule has 0 spiro atoms. The summed E-state index contributed by atoms with van der Waals surface area (Å²) in [6.07, 6.45) is 1.69. The molecule has 45 heavy (non-hydrogen) atoms. The van der Waals surface area contributed by atoms with Gasteiger partial charge >= 0.3 is 5.97 Å². The fourth-order valence-corrected chi connectivity index (χ4v) is 5.12. The lowest BCUT2D eigenvalue weighted by molar-refractivity contribution is -0.142. The number of rotatable bonds is 20. The number of carbonyl (C=O) groups is 7. The molecule has 1 saturated heterocycles. The number of aliphatic hydroxyl groups is 1. The molecule has 0 radical (unpaired) electrons. The summed E-state index contributed by atoms with van der Waals surface area (Å²) in [6, 6.07) is -5.86. The highest BCUT2D eigenvalue weighted by Gasteiger charge is 2.37. The third-order valence-corrected chi connectivity index (χ3v) is 7.59. The minimum absolute atomic E-state index is 0.0135. The number of carboxylic acid groups (broad SMARTS) is 1. The molecule has 254 valence electrons. The molecule has 0 aliphatic carbocycles. The van der Waals surface area contributed by atoms with Crippen LogP contribution < -0.4 is 32.7 Å².